The van der Waals surface area contributed by atoms with Crippen LogP contribution in [0.2, 0.25) is 0 Å². The van der Waals surface area contributed by atoms with Crippen molar-refractivity contribution in [2.75, 3.05) is 13.7 Å². The normalized spacial score (nSPS) is 14.7. The Morgan fingerprint density at radius 2 is 1.88 bits per heavy atom. The number of hydrogen-bond acceptors (Lipinski definition) is 6. The van der Waals surface area contributed by atoms with Crippen molar-refractivity contribution in [1.82, 2.24) is 0 Å². The first-order valence-corrected chi connectivity index (χ1v) is 10.5. The van der Waals surface area contributed by atoms with Gasteiger partial charge in [-0.1, -0.05) is 43.0 Å². The SMILES string of the molecule is C=C(C)COc1ccc(C2CC(=O)Oc3ccc(C(=O)c4ccccc4)c(O)c32)cc1OC. The number of aromatic hydroxyl groups is 1. The van der Waals surface area contributed by atoms with E-state index >= 15 is 0 Å². The van der Waals surface area contributed by atoms with Crippen LogP contribution < -0.4 is 14.2 Å². The molecule has 168 valence electrons. The van der Waals surface area contributed by atoms with Crippen LogP contribution in [-0.4, -0.2) is 30.6 Å². The largest absolute Gasteiger partial charge is 0.507 e. The van der Waals surface area contributed by atoms with E-state index in [1.54, 1.807) is 42.5 Å². The molecule has 3 aromatic carbocycles. The number of carbonyl (C=O) groups is 2. The molecule has 0 saturated carbocycles. The van der Waals surface area contributed by atoms with Crippen molar-refractivity contribution < 1.29 is 28.9 Å². The molecule has 0 aromatic heterocycles. The summed E-state index contributed by atoms with van der Waals surface area (Å²) < 4.78 is 16.6. The van der Waals surface area contributed by atoms with E-state index in [9.17, 15) is 14.7 Å². The van der Waals surface area contributed by atoms with Crippen LogP contribution in [0.5, 0.6) is 23.0 Å². The summed E-state index contributed by atoms with van der Waals surface area (Å²) in [6.07, 6.45) is 0.0126. The van der Waals surface area contributed by atoms with Gasteiger partial charge in [-0.3, -0.25) is 9.59 Å². The zero-order valence-corrected chi connectivity index (χ0v) is 18.5. The molecular weight excluding hydrogens is 420 g/mol. The minimum Gasteiger partial charge on any atom is -0.507 e. The third kappa shape index (κ3) is 4.46. The predicted octanol–water partition coefficient (Wildman–Crippen LogP) is 5.03. The number of carbonyl (C=O) groups excluding carboxylic acids is 2. The number of esters is 1. The van der Waals surface area contributed by atoms with Crippen molar-refractivity contribution in [2.24, 2.45) is 0 Å². The van der Waals surface area contributed by atoms with Crippen molar-refractivity contribution in [1.29, 1.82) is 0 Å². The fourth-order valence-electron chi connectivity index (χ4n) is 3.88. The summed E-state index contributed by atoms with van der Waals surface area (Å²) >= 11 is 0. The first-order chi connectivity index (χ1) is 15.9. The summed E-state index contributed by atoms with van der Waals surface area (Å²) in [5, 5.41) is 11.1. The number of ether oxygens (including phenoxy) is 3. The van der Waals surface area contributed by atoms with Gasteiger partial charge >= 0.3 is 5.97 Å². The first-order valence-electron chi connectivity index (χ1n) is 10.5. The van der Waals surface area contributed by atoms with Gasteiger partial charge < -0.3 is 19.3 Å². The van der Waals surface area contributed by atoms with E-state index in [4.69, 9.17) is 14.2 Å². The molecule has 33 heavy (non-hydrogen) atoms. The Labute approximate surface area is 192 Å². The maximum Gasteiger partial charge on any atom is 0.312 e. The van der Waals surface area contributed by atoms with E-state index in [1.165, 1.54) is 13.2 Å². The number of phenols is 1. The minimum atomic E-state index is -0.520. The molecule has 1 aliphatic rings. The van der Waals surface area contributed by atoms with Gasteiger partial charge in [0.2, 0.25) is 0 Å². The lowest BCUT2D eigenvalue weighted by atomic mass is 9.84. The number of hydrogen-bond donors (Lipinski definition) is 1. The second kappa shape index (κ2) is 9.20. The molecule has 0 saturated heterocycles. The Morgan fingerprint density at radius 3 is 2.58 bits per heavy atom. The number of methoxy groups -OCH3 is 1. The fourth-order valence-corrected chi connectivity index (χ4v) is 3.88. The van der Waals surface area contributed by atoms with Gasteiger partial charge in [0.25, 0.3) is 0 Å². The monoisotopic (exact) mass is 444 g/mol. The molecule has 4 rings (SSSR count). The van der Waals surface area contributed by atoms with Gasteiger partial charge in [-0.25, -0.2) is 0 Å². The lowest BCUT2D eigenvalue weighted by Crippen LogP contribution is -2.22. The first kappa shape index (κ1) is 22.1. The number of fused-ring (bicyclic) bond motifs is 1. The van der Waals surface area contributed by atoms with Crippen LogP contribution in [0.25, 0.3) is 0 Å². The van der Waals surface area contributed by atoms with E-state index in [1.807, 2.05) is 19.1 Å². The molecule has 0 amide bonds. The quantitative estimate of drug-likeness (QED) is 0.238. The molecule has 1 aliphatic heterocycles. The van der Waals surface area contributed by atoms with Crippen molar-refractivity contribution >= 4 is 11.8 Å². The molecule has 6 nitrogen and oxygen atoms in total. The highest BCUT2D eigenvalue weighted by atomic mass is 16.5. The van der Waals surface area contributed by atoms with Crippen molar-refractivity contribution in [3.05, 3.63) is 95.1 Å². The summed E-state index contributed by atoms with van der Waals surface area (Å²) in [5.41, 5.74) is 2.60. The van der Waals surface area contributed by atoms with Gasteiger partial charge in [-0.15, -0.1) is 0 Å². The average Bonchev–Trinajstić information content (AvgIpc) is 2.82. The second-order valence-electron chi connectivity index (χ2n) is 7.96. The summed E-state index contributed by atoms with van der Waals surface area (Å²) in [6, 6.07) is 17.1. The van der Waals surface area contributed by atoms with E-state index < -0.39 is 11.9 Å². The summed E-state index contributed by atoms with van der Waals surface area (Å²) in [7, 11) is 1.53. The van der Waals surface area contributed by atoms with Crippen LogP contribution in [0, 0.1) is 0 Å². The molecule has 1 atom stereocenters. The maximum atomic E-state index is 13.0. The number of ketones is 1. The Morgan fingerprint density at radius 1 is 1.12 bits per heavy atom. The van der Waals surface area contributed by atoms with Crippen LogP contribution >= 0.6 is 0 Å². The number of benzene rings is 3. The lowest BCUT2D eigenvalue weighted by Gasteiger charge is -2.27. The van der Waals surface area contributed by atoms with Crippen molar-refractivity contribution in [2.45, 2.75) is 19.3 Å². The van der Waals surface area contributed by atoms with Crippen LogP contribution in [-0.2, 0) is 4.79 Å². The van der Waals surface area contributed by atoms with Gasteiger partial charge in [0.05, 0.1) is 19.1 Å². The highest BCUT2D eigenvalue weighted by Gasteiger charge is 2.34. The molecule has 3 aromatic rings. The van der Waals surface area contributed by atoms with E-state index in [0.717, 1.165) is 11.1 Å². The van der Waals surface area contributed by atoms with Gasteiger partial charge in [-0.2, -0.15) is 0 Å². The maximum absolute atomic E-state index is 13.0. The van der Waals surface area contributed by atoms with Gasteiger partial charge in [0.1, 0.15) is 18.1 Å². The van der Waals surface area contributed by atoms with Gasteiger partial charge in [-0.05, 0) is 42.3 Å². The summed E-state index contributed by atoms with van der Waals surface area (Å²) in [5.74, 6) is -0.178. The van der Waals surface area contributed by atoms with Crippen LogP contribution in [0.3, 0.4) is 0 Å². The Hall–Kier alpha value is -4.06. The van der Waals surface area contributed by atoms with E-state index in [0.29, 0.717) is 29.2 Å². The third-order valence-electron chi connectivity index (χ3n) is 5.46. The highest BCUT2D eigenvalue weighted by Crippen LogP contribution is 2.46. The standard InChI is InChI=1S/C27H24O6/c1-16(2)15-32-21-11-9-18(13-23(21)31-3)20-14-24(28)33-22-12-10-19(27(30)25(20)22)26(29)17-7-5-4-6-8-17/h4-13,20,30H,1,14-15H2,2-3H3. The van der Waals surface area contributed by atoms with Gasteiger partial charge in [0.15, 0.2) is 17.3 Å². The minimum absolute atomic E-state index is 0.0126. The molecule has 0 fully saturated rings. The van der Waals surface area contributed by atoms with Crippen LogP contribution in [0.15, 0.2) is 72.8 Å². The fraction of sp³-hybridized carbons (Fsp3) is 0.185. The topological polar surface area (TPSA) is 82.1 Å². The molecule has 0 aliphatic carbocycles. The zero-order valence-electron chi connectivity index (χ0n) is 18.5. The average molecular weight is 444 g/mol. The molecular formula is C27H24O6. The highest BCUT2D eigenvalue weighted by molar-refractivity contribution is 6.11. The summed E-state index contributed by atoms with van der Waals surface area (Å²) in [6.45, 7) is 6.04. The summed E-state index contributed by atoms with van der Waals surface area (Å²) in [4.78, 5) is 25.3. The smallest absolute Gasteiger partial charge is 0.312 e. The van der Waals surface area contributed by atoms with Crippen molar-refractivity contribution in [3.8, 4) is 23.0 Å². The molecule has 0 radical (unpaired) electrons. The number of rotatable bonds is 7. The predicted molar refractivity (Wildman–Crippen MR) is 123 cm³/mol. The van der Waals surface area contributed by atoms with E-state index in [2.05, 4.69) is 6.58 Å². The zero-order chi connectivity index (χ0) is 23.5. The Kier molecular flexibility index (Phi) is 6.18. The Balaban J connectivity index is 1.77. The van der Waals surface area contributed by atoms with E-state index in [-0.39, 0.29) is 29.3 Å². The van der Waals surface area contributed by atoms with Crippen molar-refractivity contribution in [3.63, 3.8) is 0 Å². The Bertz CT molecular complexity index is 1230. The molecule has 6 heteroatoms. The number of phenolic OH excluding ortho intramolecular Hbond substituents is 1. The molecule has 1 N–H and O–H groups in total. The molecule has 0 spiro atoms. The molecule has 1 heterocycles. The van der Waals surface area contributed by atoms with Gasteiger partial charge in [0, 0.05) is 17.0 Å². The lowest BCUT2D eigenvalue weighted by molar-refractivity contribution is -0.135. The third-order valence-corrected chi connectivity index (χ3v) is 5.46. The van der Waals surface area contributed by atoms with Crippen LogP contribution in [0.1, 0.15) is 46.3 Å². The van der Waals surface area contributed by atoms with Crippen LogP contribution in [0.4, 0.5) is 0 Å². The molecule has 1 unspecified atom stereocenters. The molecule has 0 bridgehead atoms. The second-order valence-corrected chi connectivity index (χ2v) is 7.96.